The summed E-state index contributed by atoms with van der Waals surface area (Å²) < 4.78 is 0.883. The Labute approximate surface area is 112 Å². The van der Waals surface area contributed by atoms with Crippen LogP contribution in [0.25, 0.3) is 0 Å². The van der Waals surface area contributed by atoms with Gasteiger partial charge in [-0.25, -0.2) is 9.97 Å². The van der Waals surface area contributed by atoms with E-state index in [9.17, 15) is 0 Å². The van der Waals surface area contributed by atoms with E-state index in [0.29, 0.717) is 17.9 Å². The fourth-order valence-electron chi connectivity index (χ4n) is 1.76. The Morgan fingerprint density at radius 1 is 1.41 bits per heavy atom. The maximum Gasteiger partial charge on any atom is 0.135 e. The first-order chi connectivity index (χ1) is 8.10. The first kappa shape index (κ1) is 12.8. The maximum atomic E-state index is 4.60. The molecule has 0 bridgehead atoms. The molecule has 2 atom stereocenters. The van der Waals surface area contributed by atoms with Gasteiger partial charge in [-0.2, -0.15) is 0 Å². The second-order valence-corrected chi connectivity index (χ2v) is 5.84. The molecule has 0 aromatic carbocycles. The van der Waals surface area contributed by atoms with Crippen molar-refractivity contribution in [2.75, 3.05) is 5.32 Å². The van der Waals surface area contributed by atoms with Crippen LogP contribution in [0, 0.1) is 5.92 Å². The van der Waals surface area contributed by atoms with Crippen LogP contribution in [0.3, 0.4) is 0 Å². The smallest absolute Gasteiger partial charge is 0.135 e. The number of nitrogens with one attached hydrogen (secondary N) is 1. The van der Waals surface area contributed by atoms with E-state index in [2.05, 4.69) is 52.0 Å². The summed E-state index contributed by atoms with van der Waals surface area (Å²) in [6, 6.07) is 2.40. The van der Waals surface area contributed by atoms with Crippen molar-refractivity contribution in [1.82, 2.24) is 9.97 Å². The summed E-state index contributed by atoms with van der Waals surface area (Å²) in [4.78, 5) is 9.03. The number of nitrogens with zero attached hydrogens (tertiary/aromatic N) is 2. The van der Waals surface area contributed by atoms with E-state index in [4.69, 9.17) is 0 Å². The zero-order chi connectivity index (χ0) is 12.4. The number of rotatable bonds is 5. The molecule has 1 aliphatic rings. The molecular weight excluding hydrogens is 278 g/mol. The summed E-state index contributed by atoms with van der Waals surface area (Å²) in [5.41, 5.74) is 0. The zero-order valence-corrected chi connectivity index (χ0v) is 12.3. The minimum Gasteiger partial charge on any atom is -0.367 e. The highest BCUT2D eigenvalue weighted by molar-refractivity contribution is 9.10. The second-order valence-electron chi connectivity index (χ2n) is 5.03. The van der Waals surface area contributed by atoms with Crippen LogP contribution >= 0.6 is 15.9 Å². The third-order valence-corrected chi connectivity index (χ3v) is 3.93. The minimum atomic E-state index is 0.439. The molecule has 2 unspecified atom stereocenters. The van der Waals surface area contributed by atoms with Crippen molar-refractivity contribution in [3.05, 3.63) is 16.5 Å². The van der Waals surface area contributed by atoms with Crippen molar-refractivity contribution in [3.8, 4) is 0 Å². The Morgan fingerprint density at radius 3 is 2.71 bits per heavy atom. The third-order valence-electron chi connectivity index (χ3n) is 3.53. The van der Waals surface area contributed by atoms with E-state index in [-0.39, 0.29) is 0 Å². The normalized spacial score (nSPS) is 18.8. The van der Waals surface area contributed by atoms with Gasteiger partial charge in [-0.3, -0.25) is 0 Å². The van der Waals surface area contributed by atoms with Gasteiger partial charge in [-0.05, 0) is 41.6 Å². The zero-order valence-electron chi connectivity index (χ0n) is 10.7. The second kappa shape index (κ2) is 5.34. The van der Waals surface area contributed by atoms with Crippen molar-refractivity contribution in [1.29, 1.82) is 0 Å². The highest BCUT2D eigenvalue weighted by Gasteiger charge is 2.27. The van der Waals surface area contributed by atoms with Crippen LogP contribution in [0.5, 0.6) is 0 Å². The van der Waals surface area contributed by atoms with Crippen LogP contribution in [-0.2, 0) is 0 Å². The van der Waals surface area contributed by atoms with E-state index in [1.165, 1.54) is 19.3 Å². The molecule has 1 aromatic heterocycles. The van der Waals surface area contributed by atoms with Gasteiger partial charge in [0.2, 0.25) is 0 Å². The van der Waals surface area contributed by atoms with Gasteiger partial charge >= 0.3 is 0 Å². The molecule has 1 heterocycles. The summed E-state index contributed by atoms with van der Waals surface area (Å²) in [5, 5.41) is 3.48. The summed E-state index contributed by atoms with van der Waals surface area (Å²) in [6.45, 7) is 6.69. The third kappa shape index (κ3) is 3.41. The number of anilines is 1. The van der Waals surface area contributed by atoms with Crippen molar-refractivity contribution < 1.29 is 0 Å². The lowest BCUT2D eigenvalue weighted by Crippen LogP contribution is -2.24. The van der Waals surface area contributed by atoms with Crippen LogP contribution in [0.2, 0.25) is 0 Å². The molecule has 17 heavy (non-hydrogen) atoms. The Kier molecular flexibility index (Phi) is 4.02. The van der Waals surface area contributed by atoms with E-state index in [0.717, 1.165) is 16.2 Å². The fraction of sp³-hybridized carbons (Fsp3) is 0.692. The molecular formula is C13H20BrN3. The van der Waals surface area contributed by atoms with Gasteiger partial charge in [0.1, 0.15) is 16.2 Å². The highest BCUT2D eigenvalue weighted by Crippen LogP contribution is 2.38. The van der Waals surface area contributed by atoms with Gasteiger partial charge in [0.15, 0.2) is 0 Å². The lowest BCUT2D eigenvalue weighted by Gasteiger charge is -2.20. The van der Waals surface area contributed by atoms with E-state index >= 15 is 0 Å². The van der Waals surface area contributed by atoms with Crippen molar-refractivity contribution in [2.24, 2.45) is 5.92 Å². The predicted molar refractivity (Wildman–Crippen MR) is 74.2 cm³/mol. The molecule has 2 rings (SSSR count). The Morgan fingerprint density at radius 2 is 2.12 bits per heavy atom. The molecule has 0 radical (unpaired) electrons. The SMILES string of the molecule is CCC(C)C(C)Nc1cc(Br)nc(C2CC2)n1. The van der Waals surface area contributed by atoms with Gasteiger partial charge in [0.25, 0.3) is 0 Å². The maximum absolute atomic E-state index is 4.60. The Hall–Kier alpha value is -0.640. The van der Waals surface area contributed by atoms with Crippen molar-refractivity contribution in [2.45, 2.75) is 52.0 Å². The van der Waals surface area contributed by atoms with Gasteiger partial charge in [-0.15, -0.1) is 0 Å². The molecule has 1 N–H and O–H groups in total. The van der Waals surface area contributed by atoms with Gasteiger partial charge < -0.3 is 5.32 Å². The molecule has 0 saturated heterocycles. The van der Waals surface area contributed by atoms with E-state index in [1.54, 1.807) is 0 Å². The lowest BCUT2D eigenvalue weighted by molar-refractivity contribution is 0.493. The molecule has 0 aliphatic heterocycles. The summed E-state index contributed by atoms with van der Waals surface area (Å²) >= 11 is 3.46. The van der Waals surface area contributed by atoms with Crippen LogP contribution in [0.1, 0.15) is 51.8 Å². The largest absolute Gasteiger partial charge is 0.367 e. The molecule has 1 fully saturated rings. The van der Waals surface area contributed by atoms with Crippen LogP contribution in [0.4, 0.5) is 5.82 Å². The molecule has 1 aromatic rings. The standard InChI is InChI=1S/C13H20BrN3/c1-4-8(2)9(3)15-12-7-11(14)16-13(17-12)10-5-6-10/h7-10H,4-6H2,1-3H3,(H,15,16,17). The number of hydrogen-bond acceptors (Lipinski definition) is 3. The first-order valence-electron chi connectivity index (χ1n) is 6.41. The first-order valence-corrected chi connectivity index (χ1v) is 7.20. The monoisotopic (exact) mass is 297 g/mol. The van der Waals surface area contributed by atoms with E-state index in [1.807, 2.05) is 6.07 Å². The summed E-state index contributed by atoms with van der Waals surface area (Å²) in [6.07, 6.45) is 3.64. The van der Waals surface area contributed by atoms with Crippen LogP contribution in [0.15, 0.2) is 10.7 Å². The molecule has 94 valence electrons. The summed E-state index contributed by atoms with van der Waals surface area (Å²) in [7, 11) is 0. The van der Waals surface area contributed by atoms with Crippen LogP contribution in [-0.4, -0.2) is 16.0 Å². The number of hydrogen-bond donors (Lipinski definition) is 1. The fourth-order valence-corrected chi connectivity index (χ4v) is 2.16. The average molecular weight is 298 g/mol. The lowest BCUT2D eigenvalue weighted by atomic mass is 10.0. The highest BCUT2D eigenvalue weighted by atomic mass is 79.9. The Balaban J connectivity index is 2.09. The molecule has 3 nitrogen and oxygen atoms in total. The molecule has 1 saturated carbocycles. The summed E-state index contributed by atoms with van der Waals surface area (Å²) in [5.74, 6) is 3.17. The van der Waals surface area contributed by atoms with Crippen molar-refractivity contribution in [3.63, 3.8) is 0 Å². The van der Waals surface area contributed by atoms with Gasteiger partial charge in [0.05, 0.1) is 0 Å². The minimum absolute atomic E-state index is 0.439. The van der Waals surface area contributed by atoms with E-state index < -0.39 is 0 Å². The molecule has 1 aliphatic carbocycles. The van der Waals surface area contributed by atoms with Crippen molar-refractivity contribution >= 4 is 21.7 Å². The van der Waals surface area contributed by atoms with Crippen LogP contribution < -0.4 is 5.32 Å². The number of halogens is 1. The van der Waals surface area contributed by atoms with Gasteiger partial charge in [-0.1, -0.05) is 20.3 Å². The molecule has 0 amide bonds. The Bertz CT molecular complexity index is 390. The quantitative estimate of drug-likeness (QED) is 0.836. The predicted octanol–water partition coefficient (Wildman–Crippen LogP) is 3.96. The molecule has 0 spiro atoms. The van der Waals surface area contributed by atoms with Gasteiger partial charge in [0, 0.05) is 18.0 Å². The molecule has 4 heteroatoms. The average Bonchev–Trinajstić information content (AvgIpc) is 3.10. The number of aromatic nitrogens is 2. The topological polar surface area (TPSA) is 37.8 Å².